The maximum Gasteiger partial charge on any atom is 0.228 e. The third kappa shape index (κ3) is 3.50. The van der Waals surface area contributed by atoms with Crippen LogP contribution in [-0.4, -0.2) is 15.9 Å². The highest BCUT2D eigenvalue weighted by molar-refractivity contribution is 6.42. The summed E-state index contributed by atoms with van der Waals surface area (Å²) in [6.07, 6.45) is 0.169. The lowest BCUT2D eigenvalue weighted by Gasteiger charge is -2.08. The summed E-state index contributed by atoms with van der Waals surface area (Å²) in [5, 5.41) is 4.28. The monoisotopic (exact) mass is 361 g/mol. The molecule has 0 fully saturated rings. The molecule has 1 aromatic heterocycles. The van der Waals surface area contributed by atoms with E-state index in [2.05, 4.69) is 15.3 Å². The van der Waals surface area contributed by atoms with Crippen molar-refractivity contribution in [3.8, 4) is 0 Å². The molecule has 8 heteroatoms. The van der Waals surface area contributed by atoms with Crippen LogP contribution in [-0.2, 0) is 11.2 Å². The van der Waals surface area contributed by atoms with Crippen molar-refractivity contribution in [3.05, 3.63) is 52.0 Å². The Morgan fingerprint density at radius 1 is 1.04 bits per heavy atom. The van der Waals surface area contributed by atoms with Gasteiger partial charge in [-0.05, 0) is 35.9 Å². The number of hydrogen-bond acceptors (Lipinski definition) is 5. The number of fused-ring (bicyclic) bond motifs is 1. The number of carbonyl (C=O) groups is 1. The van der Waals surface area contributed by atoms with Gasteiger partial charge in [-0.25, -0.2) is 4.98 Å². The van der Waals surface area contributed by atoms with E-state index in [0.717, 1.165) is 5.56 Å². The van der Waals surface area contributed by atoms with Crippen LogP contribution >= 0.6 is 23.2 Å². The van der Waals surface area contributed by atoms with Crippen LogP contribution in [0.25, 0.3) is 10.9 Å². The van der Waals surface area contributed by atoms with Gasteiger partial charge in [-0.2, -0.15) is 4.98 Å². The molecule has 1 heterocycles. The van der Waals surface area contributed by atoms with Gasteiger partial charge in [0, 0.05) is 11.1 Å². The molecule has 5 N–H and O–H groups in total. The highest BCUT2D eigenvalue weighted by Crippen LogP contribution is 2.24. The number of halogens is 2. The molecule has 0 aliphatic rings. The molecule has 0 unspecified atom stereocenters. The predicted octanol–water partition coefficient (Wildman–Crippen LogP) is 3.28. The molecule has 0 atom stereocenters. The summed E-state index contributed by atoms with van der Waals surface area (Å²) in [5.41, 5.74) is 13.4. The van der Waals surface area contributed by atoms with E-state index in [0.29, 0.717) is 26.6 Å². The summed E-state index contributed by atoms with van der Waals surface area (Å²) < 4.78 is 0. The minimum Gasteiger partial charge on any atom is -0.383 e. The lowest BCUT2D eigenvalue weighted by atomic mass is 10.1. The molecule has 3 aromatic rings. The largest absolute Gasteiger partial charge is 0.383 e. The quantitative estimate of drug-likeness (QED) is 0.663. The third-order valence-corrected chi connectivity index (χ3v) is 4.11. The molecule has 0 saturated heterocycles. The van der Waals surface area contributed by atoms with Gasteiger partial charge >= 0.3 is 0 Å². The Labute approximate surface area is 147 Å². The smallest absolute Gasteiger partial charge is 0.228 e. The Hall–Kier alpha value is -2.57. The fourth-order valence-electron chi connectivity index (χ4n) is 2.29. The minimum atomic E-state index is -0.192. The Kier molecular flexibility index (Phi) is 4.42. The lowest BCUT2D eigenvalue weighted by Crippen LogP contribution is -2.14. The zero-order valence-corrected chi connectivity index (χ0v) is 13.9. The first-order chi connectivity index (χ1) is 11.4. The van der Waals surface area contributed by atoms with Crippen LogP contribution in [0, 0.1) is 0 Å². The van der Waals surface area contributed by atoms with Crippen LogP contribution in [0.2, 0.25) is 10.0 Å². The van der Waals surface area contributed by atoms with Crippen molar-refractivity contribution in [1.29, 1.82) is 0 Å². The van der Waals surface area contributed by atoms with Gasteiger partial charge in [0.2, 0.25) is 11.9 Å². The Balaban J connectivity index is 1.79. The maximum atomic E-state index is 12.2. The van der Waals surface area contributed by atoms with Gasteiger partial charge in [0.1, 0.15) is 5.82 Å². The number of amides is 1. The van der Waals surface area contributed by atoms with Gasteiger partial charge in [0.25, 0.3) is 0 Å². The molecule has 3 rings (SSSR count). The molecule has 0 aliphatic carbocycles. The van der Waals surface area contributed by atoms with Crippen molar-refractivity contribution in [3.63, 3.8) is 0 Å². The second-order valence-electron chi connectivity index (χ2n) is 5.17. The SMILES string of the molecule is Nc1nc(N)c2cc(NC(=O)Cc3ccc(Cl)c(Cl)c3)ccc2n1. The van der Waals surface area contributed by atoms with Crippen molar-refractivity contribution in [2.45, 2.75) is 6.42 Å². The molecule has 1 amide bonds. The first-order valence-electron chi connectivity index (χ1n) is 6.99. The molecule has 2 aromatic carbocycles. The van der Waals surface area contributed by atoms with Crippen molar-refractivity contribution < 1.29 is 4.79 Å². The first-order valence-corrected chi connectivity index (χ1v) is 7.74. The highest BCUT2D eigenvalue weighted by atomic mass is 35.5. The molecular weight excluding hydrogens is 349 g/mol. The normalized spacial score (nSPS) is 10.8. The number of nitrogens with zero attached hydrogens (tertiary/aromatic N) is 2. The van der Waals surface area contributed by atoms with Gasteiger partial charge in [0.05, 0.1) is 22.0 Å². The second-order valence-corrected chi connectivity index (χ2v) is 5.99. The van der Waals surface area contributed by atoms with Gasteiger partial charge in [-0.15, -0.1) is 0 Å². The summed E-state index contributed by atoms with van der Waals surface area (Å²) in [6, 6.07) is 10.2. The molecule has 0 spiro atoms. The average molecular weight is 362 g/mol. The van der Waals surface area contributed by atoms with E-state index in [4.69, 9.17) is 34.7 Å². The van der Waals surface area contributed by atoms with Gasteiger partial charge in [-0.3, -0.25) is 4.79 Å². The van der Waals surface area contributed by atoms with E-state index < -0.39 is 0 Å². The molecule has 6 nitrogen and oxygen atoms in total. The van der Waals surface area contributed by atoms with Crippen molar-refractivity contribution in [2.24, 2.45) is 0 Å². The number of nitrogen functional groups attached to an aromatic ring is 2. The first kappa shape index (κ1) is 16.3. The summed E-state index contributed by atoms with van der Waals surface area (Å²) >= 11 is 11.8. The highest BCUT2D eigenvalue weighted by Gasteiger charge is 2.09. The van der Waals surface area contributed by atoms with Crippen LogP contribution in [0.1, 0.15) is 5.56 Å². The lowest BCUT2D eigenvalue weighted by molar-refractivity contribution is -0.115. The molecule has 24 heavy (non-hydrogen) atoms. The van der Waals surface area contributed by atoms with Gasteiger partial charge < -0.3 is 16.8 Å². The van der Waals surface area contributed by atoms with E-state index in [9.17, 15) is 4.79 Å². The number of nitrogens with one attached hydrogen (secondary N) is 1. The van der Waals surface area contributed by atoms with Gasteiger partial charge in [0.15, 0.2) is 0 Å². The minimum absolute atomic E-state index is 0.108. The van der Waals surface area contributed by atoms with Crippen molar-refractivity contribution in [2.75, 3.05) is 16.8 Å². The molecular formula is C16H13Cl2N5O. The standard InChI is InChI=1S/C16H13Cl2N5O/c17-11-3-1-8(5-12(11)18)6-14(24)21-9-2-4-13-10(7-9)15(19)23-16(20)22-13/h1-5,7H,6H2,(H,21,24)(H4,19,20,22,23). The maximum absolute atomic E-state index is 12.2. The molecule has 0 bridgehead atoms. The molecule has 0 aliphatic heterocycles. The van der Waals surface area contributed by atoms with E-state index >= 15 is 0 Å². The number of carbonyl (C=O) groups excluding carboxylic acids is 1. The number of hydrogen-bond donors (Lipinski definition) is 3. The van der Waals surface area contributed by atoms with E-state index in [1.807, 2.05) is 0 Å². The second kappa shape index (κ2) is 6.51. The number of benzene rings is 2. The summed E-state index contributed by atoms with van der Waals surface area (Å²) in [6.45, 7) is 0. The summed E-state index contributed by atoms with van der Waals surface area (Å²) in [4.78, 5) is 20.2. The number of nitrogens with two attached hydrogens (primary N) is 2. The number of anilines is 3. The van der Waals surface area contributed by atoms with E-state index in [1.54, 1.807) is 36.4 Å². The number of aromatic nitrogens is 2. The van der Waals surface area contributed by atoms with Gasteiger partial charge in [-0.1, -0.05) is 29.3 Å². The van der Waals surface area contributed by atoms with Crippen LogP contribution in [0.5, 0.6) is 0 Å². The van der Waals surface area contributed by atoms with Crippen LogP contribution in [0.3, 0.4) is 0 Å². The van der Waals surface area contributed by atoms with Crippen LogP contribution < -0.4 is 16.8 Å². The van der Waals surface area contributed by atoms with Crippen molar-refractivity contribution >= 4 is 57.5 Å². The zero-order valence-electron chi connectivity index (χ0n) is 12.4. The Morgan fingerprint density at radius 3 is 2.58 bits per heavy atom. The van der Waals surface area contributed by atoms with Crippen LogP contribution in [0.4, 0.5) is 17.5 Å². The third-order valence-electron chi connectivity index (χ3n) is 3.37. The van der Waals surface area contributed by atoms with E-state index in [1.165, 1.54) is 0 Å². The molecule has 122 valence electrons. The Morgan fingerprint density at radius 2 is 1.83 bits per heavy atom. The van der Waals surface area contributed by atoms with Crippen LogP contribution in [0.15, 0.2) is 36.4 Å². The molecule has 0 radical (unpaired) electrons. The fraction of sp³-hybridized carbons (Fsp3) is 0.0625. The molecule has 0 saturated carbocycles. The summed E-state index contributed by atoms with van der Waals surface area (Å²) in [5.74, 6) is 0.178. The van der Waals surface area contributed by atoms with Crippen molar-refractivity contribution in [1.82, 2.24) is 9.97 Å². The summed E-state index contributed by atoms with van der Waals surface area (Å²) in [7, 11) is 0. The topological polar surface area (TPSA) is 107 Å². The fourth-order valence-corrected chi connectivity index (χ4v) is 2.61. The zero-order chi connectivity index (χ0) is 17.3. The number of rotatable bonds is 3. The average Bonchev–Trinajstić information content (AvgIpc) is 2.51. The van der Waals surface area contributed by atoms with E-state index in [-0.39, 0.29) is 24.1 Å². The predicted molar refractivity (Wildman–Crippen MR) is 97.2 cm³/mol. The Bertz CT molecular complexity index is 945.